The molecular weight excluding hydrogens is 296 g/mol. The molecule has 1 saturated heterocycles. The monoisotopic (exact) mass is 320 g/mol. The normalized spacial score (nSPS) is 20.6. The Balaban J connectivity index is 2.26. The van der Waals surface area contributed by atoms with Gasteiger partial charge < -0.3 is 20.1 Å². The summed E-state index contributed by atoms with van der Waals surface area (Å²) in [6.45, 7) is 2.60. The van der Waals surface area contributed by atoms with E-state index >= 15 is 0 Å². The van der Waals surface area contributed by atoms with Gasteiger partial charge in [-0.1, -0.05) is 17.7 Å². The number of benzene rings is 1. The van der Waals surface area contributed by atoms with E-state index in [-0.39, 0.29) is 18.9 Å². The molecule has 0 bridgehead atoms. The van der Waals surface area contributed by atoms with Crippen LogP contribution in [0.2, 0.25) is 0 Å². The number of amides is 2. The van der Waals surface area contributed by atoms with Crippen LogP contribution in [0.15, 0.2) is 18.2 Å². The van der Waals surface area contributed by atoms with E-state index in [1.165, 1.54) is 7.11 Å². The van der Waals surface area contributed by atoms with Gasteiger partial charge in [0, 0.05) is 19.2 Å². The summed E-state index contributed by atoms with van der Waals surface area (Å²) in [5, 5.41) is 0. The van der Waals surface area contributed by atoms with Crippen molar-refractivity contribution >= 4 is 11.8 Å². The molecule has 2 amide bonds. The highest BCUT2D eigenvalue weighted by Crippen LogP contribution is 2.31. The number of nitrogens with zero attached hydrogens (tertiary/aromatic N) is 1. The Morgan fingerprint density at radius 3 is 2.70 bits per heavy atom. The van der Waals surface area contributed by atoms with Gasteiger partial charge in [-0.2, -0.15) is 0 Å². The standard InChI is InChI=1S/C17H24N2O4/c1-12-5-6-14(23-3)13(9-12)10-15(20)19-8-4-7-17(19,11-22-2)16(18)21/h5-6,9H,4,7-8,10-11H2,1-3H3,(H2,18,21). The maximum Gasteiger partial charge on any atom is 0.245 e. The average Bonchev–Trinajstić information content (AvgIpc) is 2.93. The van der Waals surface area contributed by atoms with Crippen molar-refractivity contribution < 1.29 is 19.1 Å². The molecule has 0 aromatic heterocycles. The lowest BCUT2D eigenvalue weighted by Gasteiger charge is -2.35. The highest BCUT2D eigenvalue weighted by molar-refractivity contribution is 5.92. The summed E-state index contributed by atoms with van der Waals surface area (Å²) in [6.07, 6.45) is 1.44. The van der Waals surface area contributed by atoms with Crippen LogP contribution >= 0.6 is 0 Å². The number of hydrogen-bond donors (Lipinski definition) is 1. The Morgan fingerprint density at radius 2 is 2.09 bits per heavy atom. The van der Waals surface area contributed by atoms with Crippen molar-refractivity contribution in [3.05, 3.63) is 29.3 Å². The maximum atomic E-state index is 12.8. The summed E-state index contributed by atoms with van der Waals surface area (Å²) in [7, 11) is 3.09. The van der Waals surface area contributed by atoms with Crippen LogP contribution in [0.1, 0.15) is 24.0 Å². The second-order valence-corrected chi connectivity index (χ2v) is 5.97. The predicted octanol–water partition coefficient (Wildman–Crippen LogP) is 1.04. The third-order valence-electron chi connectivity index (χ3n) is 4.41. The zero-order valence-corrected chi connectivity index (χ0v) is 13.9. The fourth-order valence-electron chi connectivity index (χ4n) is 3.26. The molecule has 1 aliphatic heterocycles. The molecule has 1 aromatic carbocycles. The molecule has 1 atom stereocenters. The molecule has 1 unspecified atom stereocenters. The van der Waals surface area contributed by atoms with Gasteiger partial charge in [0.05, 0.1) is 20.1 Å². The lowest BCUT2D eigenvalue weighted by Crippen LogP contribution is -2.59. The molecule has 6 nitrogen and oxygen atoms in total. The van der Waals surface area contributed by atoms with E-state index in [0.717, 1.165) is 17.5 Å². The Labute approximate surface area is 136 Å². The average molecular weight is 320 g/mol. The molecule has 6 heteroatoms. The topological polar surface area (TPSA) is 81.9 Å². The number of methoxy groups -OCH3 is 2. The van der Waals surface area contributed by atoms with E-state index in [1.54, 1.807) is 12.0 Å². The van der Waals surface area contributed by atoms with Crippen molar-refractivity contribution in [1.82, 2.24) is 4.90 Å². The van der Waals surface area contributed by atoms with Gasteiger partial charge in [-0.25, -0.2) is 0 Å². The summed E-state index contributed by atoms with van der Waals surface area (Å²) in [5.74, 6) is 0.0169. The lowest BCUT2D eigenvalue weighted by molar-refractivity contribution is -0.146. The molecule has 1 aliphatic rings. The van der Waals surface area contributed by atoms with Gasteiger partial charge in [-0.15, -0.1) is 0 Å². The van der Waals surface area contributed by atoms with Crippen LogP contribution in [0.4, 0.5) is 0 Å². The van der Waals surface area contributed by atoms with E-state index in [4.69, 9.17) is 15.2 Å². The van der Waals surface area contributed by atoms with Gasteiger partial charge in [-0.3, -0.25) is 9.59 Å². The molecule has 126 valence electrons. The summed E-state index contributed by atoms with van der Waals surface area (Å²) < 4.78 is 10.5. The van der Waals surface area contributed by atoms with Crippen LogP contribution in [0.5, 0.6) is 5.75 Å². The molecule has 0 saturated carbocycles. The third-order valence-corrected chi connectivity index (χ3v) is 4.41. The van der Waals surface area contributed by atoms with Crippen LogP contribution in [0.3, 0.4) is 0 Å². The predicted molar refractivity (Wildman–Crippen MR) is 86.2 cm³/mol. The summed E-state index contributed by atoms with van der Waals surface area (Å²) in [5.41, 5.74) is 6.40. The van der Waals surface area contributed by atoms with Crippen molar-refractivity contribution in [2.75, 3.05) is 27.4 Å². The van der Waals surface area contributed by atoms with Crippen molar-refractivity contribution in [2.45, 2.75) is 31.7 Å². The highest BCUT2D eigenvalue weighted by atomic mass is 16.5. The second kappa shape index (κ2) is 7.00. The van der Waals surface area contributed by atoms with Crippen LogP contribution in [-0.4, -0.2) is 49.6 Å². The van der Waals surface area contributed by atoms with Gasteiger partial charge in [0.15, 0.2) is 0 Å². The number of primary amides is 1. The van der Waals surface area contributed by atoms with E-state index in [9.17, 15) is 9.59 Å². The van der Waals surface area contributed by atoms with Crippen LogP contribution in [-0.2, 0) is 20.7 Å². The van der Waals surface area contributed by atoms with Crippen LogP contribution in [0.25, 0.3) is 0 Å². The van der Waals surface area contributed by atoms with E-state index in [2.05, 4.69) is 0 Å². The number of aryl methyl sites for hydroxylation is 1. The molecule has 1 heterocycles. The zero-order chi connectivity index (χ0) is 17.0. The number of rotatable bonds is 6. The molecule has 23 heavy (non-hydrogen) atoms. The number of hydrogen-bond acceptors (Lipinski definition) is 4. The van der Waals surface area contributed by atoms with E-state index < -0.39 is 11.4 Å². The fraction of sp³-hybridized carbons (Fsp3) is 0.529. The first-order valence-electron chi connectivity index (χ1n) is 7.67. The Kier molecular flexibility index (Phi) is 5.26. The van der Waals surface area contributed by atoms with Crippen LogP contribution < -0.4 is 10.5 Å². The molecular formula is C17H24N2O4. The fourth-order valence-corrected chi connectivity index (χ4v) is 3.26. The molecule has 2 rings (SSSR count). The molecule has 0 aliphatic carbocycles. The first-order valence-corrected chi connectivity index (χ1v) is 7.67. The Hall–Kier alpha value is -2.08. The van der Waals surface area contributed by atoms with Crippen molar-refractivity contribution in [3.63, 3.8) is 0 Å². The molecule has 2 N–H and O–H groups in total. The summed E-state index contributed by atoms with van der Waals surface area (Å²) >= 11 is 0. The van der Waals surface area contributed by atoms with Gasteiger partial charge >= 0.3 is 0 Å². The maximum absolute atomic E-state index is 12.8. The molecule has 0 radical (unpaired) electrons. The van der Waals surface area contributed by atoms with Crippen molar-refractivity contribution in [1.29, 1.82) is 0 Å². The van der Waals surface area contributed by atoms with Crippen LogP contribution in [0, 0.1) is 6.92 Å². The van der Waals surface area contributed by atoms with Crippen molar-refractivity contribution in [3.8, 4) is 5.75 Å². The minimum Gasteiger partial charge on any atom is -0.496 e. The minimum absolute atomic E-state index is 0.124. The number of likely N-dealkylation sites (tertiary alicyclic amines) is 1. The van der Waals surface area contributed by atoms with E-state index in [1.807, 2.05) is 25.1 Å². The molecule has 0 spiro atoms. The first-order chi connectivity index (χ1) is 10.9. The van der Waals surface area contributed by atoms with Gasteiger partial charge in [0.25, 0.3) is 0 Å². The Bertz CT molecular complexity index is 602. The smallest absolute Gasteiger partial charge is 0.245 e. The number of ether oxygens (including phenoxy) is 2. The third kappa shape index (κ3) is 3.32. The molecule has 1 aromatic rings. The quantitative estimate of drug-likeness (QED) is 0.849. The summed E-state index contributed by atoms with van der Waals surface area (Å²) in [6, 6.07) is 5.70. The van der Waals surface area contributed by atoms with E-state index in [0.29, 0.717) is 18.7 Å². The second-order valence-electron chi connectivity index (χ2n) is 5.97. The lowest BCUT2D eigenvalue weighted by atomic mass is 9.95. The van der Waals surface area contributed by atoms with Gasteiger partial charge in [0.2, 0.25) is 11.8 Å². The highest BCUT2D eigenvalue weighted by Gasteiger charge is 2.48. The SMILES string of the molecule is COCC1(C(N)=O)CCCN1C(=O)Cc1cc(C)ccc1OC. The zero-order valence-electron chi connectivity index (χ0n) is 13.9. The number of carbonyl (C=O) groups excluding carboxylic acids is 2. The van der Waals surface area contributed by atoms with Crippen molar-refractivity contribution in [2.24, 2.45) is 5.73 Å². The molecule has 1 fully saturated rings. The number of carbonyl (C=O) groups is 2. The minimum atomic E-state index is -1.04. The first kappa shape index (κ1) is 17.3. The largest absolute Gasteiger partial charge is 0.496 e. The Morgan fingerprint density at radius 1 is 1.35 bits per heavy atom. The number of nitrogens with two attached hydrogens (primary N) is 1. The van der Waals surface area contributed by atoms with Gasteiger partial charge in [-0.05, 0) is 25.8 Å². The summed E-state index contributed by atoms with van der Waals surface area (Å²) in [4.78, 5) is 26.3. The van der Waals surface area contributed by atoms with Gasteiger partial charge in [0.1, 0.15) is 11.3 Å².